The van der Waals surface area contributed by atoms with Crippen LogP contribution in [-0.4, -0.2) is 70.0 Å². The number of allylic oxidation sites excluding steroid dienone is 10. The first kappa shape index (κ1) is 61.7. The first-order valence-electron chi connectivity index (χ1n) is 26.0. The van der Waals surface area contributed by atoms with Crippen LogP contribution in [0.25, 0.3) is 0 Å². The molecular weight excluding hydrogens is 822 g/mol. The van der Waals surface area contributed by atoms with E-state index in [0.29, 0.717) is 23.9 Å². The number of hydrogen-bond donors (Lipinski definition) is 0. The molecule has 10 heteroatoms. The Hall–Kier alpha value is -2.29. The van der Waals surface area contributed by atoms with Crippen LogP contribution in [-0.2, 0) is 32.7 Å². The summed E-state index contributed by atoms with van der Waals surface area (Å²) in [6.45, 7) is 4.18. The Balaban J connectivity index is 4.24. The van der Waals surface area contributed by atoms with Gasteiger partial charge in [0, 0.05) is 12.8 Å². The number of phosphoric ester groups is 1. The lowest BCUT2D eigenvalue weighted by Gasteiger charge is -2.28. The molecule has 0 aromatic heterocycles. The average Bonchev–Trinajstić information content (AvgIpc) is 3.25. The molecule has 0 aliphatic carbocycles. The van der Waals surface area contributed by atoms with Crippen LogP contribution in [0.4, 0.5) is 0 Å². The second-order valence-corrected chi connectivity index (χ2v) is 19.9. The molecule has 0 aliphatic heterocycles. The predicted octanol–water partition coefficient (Wildman–Crippen LogP) is 15.0. The van der Waals surface area contributed by atoms with Crippen molar-refractivity contribution in [2.45, 2.75) is 225 Å². The molecule has 0 bridgehead atoms. The number of ether oxygens (including phenoxy) is 2. The number of quaternary nitrogens is 1. The van der Waals surface area contributed by atoms with Crippen molar-refractivity contribution in [1.29, 1.82) is 0 Å². The molecule has 0 aliphatic rings. The van der Waals surface area contributed by atoms with Crippen LogP contribution in [0, 0.1) is 0 Å². The number of esters is 2. The van der Waals surface area contributed by atoms with Gasteiger partial charge in [-0.25, -0.2) is 0 Å². The van der Waals surface area contributed by atoms with Crippen molar-refractivity contribution in [3.05, 3.63) is 60.8 Å². The van der Waals surface area contributed by atoms with Crippen molar-refractivity contribution in [1.82, 2.24) is 0 Å². The van der Waals surface area contributed by atoms with Gasteiger partial charge in [-0.15, -0.1) is 0 Å². The van der Waals surface area contributed by atoms with E-state index < -0.39 is 32.5 Å². The first-order valence-corrected chi connectivity index (χ1v) is 27.5. The molecule has 0 N–H and O–H groups in total. The van der Waals surface area contributed by atoms with Crippen LogP contribution in [0.1, 0.15) is 219 Å². The third kappa shape index (κ3) is 49.2. The summed E-state index contributed by atoms with van der Waals surface area (Å²) in [7, 11) is 1.15. The highest BCUT2D eigenvalue weighted by Crippen LogP contribution is 2.38. The number of hydrogen-bond acceptors (Lipinski definition) is 8. The fraction of sp³-hybridized carbons (Fsp3) is 0.778. The van der Waals surface area contributed by atoms with Gasteiger partial charge in [0.05, 0.1) is 27.7 Å². The molecule has 0 fully saturated rings. The van der Waals surface area contributed by atoms with Gasteiger partial charge < -0.3 is 27.9 Å². The van der Waals surface area contributed by atoms with E-state index >= 15 is 0 Å². The van der Waals surface area contributed by atoms with E-state index in [1.165, 1.54) is 103 Å². The van der Waals surface area contributed by atoms with Crippen LogP contribution in [0.5, 0.6) is 0 Å². The summed E-state index contributed by atoms with van der Waals surface area (Å²) in [5, 5.41) is 0. The first-order chi connectivity index (χ1) is 31.0. The highest BCUT2D eigenvalue weighted by molar-refractivity contribution is 7.45. The fourth-order valence-corrected chi connectivity index (χ4v) is 7.66. The predicted molar refractivity (Wildman–Crippen MR) is 268 cm³/mol. The van der Waals surface area contributed by atoms with Crippen molar-refractivity contribution in [2.24, 2.45) is 0 Å². The fourth-order valence-electron chi connectivity index (χ4n) is 6.93. The third-order valence-electron chi connectivity index (χ3n) is 11.0. The SMILES string of the molecule is CCCCC/C=C\C/C=C\CCCCCCCC(=O)OCC(COP(=O)([O-])OCC[N+](C)(C)C)OC(=O)CCCCCCCCCCCC/C=C\C/C=C\C/C=C\CCCCCCC. The van der Waals surface area contributed by atoms with E-state index in [1.807, 2.05) is 21.1 Å². The molecule has 2 atom stereocenters. The molecule has 0 aromatic rings. The summed E-state index contributed by atoms with van der Waals surface area (Å²) in [4.78, 5) is 37.7. The smallest absolute Gasteiger partial charge is 0.306 e. The Morgan fingerprint density at radius 2 is 0.844 bits per heavy atom. The highest BCUT2D eigenvalue weighted by atomic mass is 31.2. The van der Waals surface area contributed by atoms with Gasteiger partial charge in [0.1, 0.15) is 19.8 Å². The summed E-state index contributed by atoms with van der Waals surface area (Å²) in [5.74, 6) is -0.854. The molecule has 9 nitrogen and oxygen atoms in total. The second-order valence-electron chi connectivity index (χ2n) is 18.5. The molecule has 2 unspecified atom stereocenters. The molecular formula is C54H98NO8P. The maximum absolute atomic E-state index is 12.7. The van der Waals surface area contributed by atoms with Gasteiger partial charge in [-0.3, -0.25) is 14.2 Å². The van der Waals surface area contributed by atoms with Gasteiger partial charge in [0.15, 0.2) is 6.10 Å². The van der Waals surface area contributed by atoms with Crippen molar-refractivity contribution >= 4 is 19.8 Å². The topological polar surface area (TPSA) is 111 Å². The molecule has 0 rings (SSSR count). The molecule has 0 saturated carbocycles. The van der Waals surface area contributed by atoms with Crippen LogP contribution >= 0.6 is 7.82 Å². The number of unbranched alkanes of at least 4 members (excludes halogenated alkanes) is 23. The largest absolute Gasteiger partial charge is 0.756 e. The normalized spacial score (nSPS) is 13.9. The number of carbonyl (C=O) groups excluding carboxylic acids is 2. The Labute approximate surface area is 394 Å². The number of nitrogens with zero attached hydrogens (tertiary/aromatic N) is 1. The Morgan fingerprint density at radius 3 is 1.28 bits per heavy atom. The van der Waals surface area contributed by atoms with E-state index in [-0.39, 0.29) is 26.1 Å². The van der Waals surface area contributed by atoms with Crippen LogP contribution in [0.3, 0.4) is 0 Å². The molecule has 0 heterocycles. The van der Waals surface area contributed by atoms with E-state index in [1.54, 1.807) is 0 Å². The van der Waals surface area contributed by atoms with Crippen LogP contribution in [0.2, 0.25) is 0 Å². The van der Waals surface area contributed by atoms with Gasteiger partial charge in [0.2, 0.25) is 0 Å². The third-order valence-corrected chi connectivity index (χ3v) is 12.0. The van der Waals surface area contributed by atoms with Crippen LogP contribution in [0.15, 0.2) is 60.8 Å². The van der Waals surface area contributed by atoms with E-state index in [4.69, 9.17) is 18.5 Å². The average molecular weight is 920 g/mol. The highest BCUT2D eigenvalue weighted by Gasteiger charge is 2.21. The van der Waals surface area contributed by atoms with Crippen molar-refractivity contribution in [2.75, 3.05) is 47.5 Å². The number of rotatable bonds is 47. The zero-order chi connectivity index (χ0) is 47.1. The van der Waals surface area contributed by atoms with Crippen molar-refractivity contribution in [3.63, 3.8) is 0 Å². The molecule has 0 amide bonds. The lowest BCUT2D eigenvalue weighted by atomic mass is 10.0. The summed E-state index contributed by atoms with van der Waals surface area (Å²) < 4.78 is 34.0. The van der Waals surface area contributed by atoms with Crippen LogP contribution < -0.4 is 4.89 Å². The zero-order valence-corrected chi connectivity index (χ0v) is 42.9. The Morgan fingerprint density at radius 1 is 0.484 bits per heavy atom. The summed E-state index contributed by atoms with van der Waals surface area (Å²) in [6.07, 6.45) is 56.8. The van der Waals surface area contributed by atoms with Crippen molar-refractivity contribution in [3.8, 4) is 0 Å². The zero-order valence-electron chi connectivity index (χ0n) is 42.0. The van der Waals surface area contributed by atoms with Gasteiger partial charge in [-0.05, 0) is 83.5 Å². The summed E-state index contributed by atoms with van der Waals surface area (Å²) in [5.41, 5.74) is 0. The Bertz CT molecular complexity index is 1270. The minimum absolute atomic E-state index is 0.0361. The number of phosphoric acid groups is 1. The maximum atomic E-state index is 12.7. The molecule has 0 spiro atoms. The summed E-state index contributed by atoms with van der Waals surface area (Å²) >= 11 is 0. The minimum Gasteiger partial charge on any atom is -0.756 e. The maximum Gasteiger partial charge on any atom is 0.306 e. The van der Waals surface area contributed by atoms with E-state index in [9.17, 15) is 19.0 Å². The lowest BCUT2D eigenvalue weighted by Crippen LogP contribution is -2.37. The Kier molecular flexibility index (Phi) is 44.2. The van der Waals surface area contributed by atoms with Gasteiger partial charge >= 0.3 is 11.9 Å². The second kappa shape index (κ2) is 45.8. The monoisotopic (exact) mass is 920 g/mol. The minimum atomic E-state index is -4.64. The summed E-state index contributed by atoms with van der Waals surface area (Å²) in [6, 6.07) is 0. The number of likely N-dealkylation sites (N-methyl/N-ethyl adjacent to an activating group) is 1. The van der Waals surface area contributed by atoms with Gasteiger partial charge in [0.25, 0.3) is 7.82 Å². The number of carbonyl (C=O) groups is 2. The lowest BCUT2D eigenvalue weighted by molar-refractivity contribution is -0.870. The van der Waals surface area contributed by atoms with Gasteiger partial charge in [-0.1, -0.05) is 184 Å². The molecule has 372 valence electrons. The molecule has 64 heavy (non-hydrogen) atoms. The molecule has 0 aromatic carbocycles. The standard InChI is InChI=1S/C54H98NO8P/c1-6-8-10-12-14-16-18-20-22-23-24-25-26-27-28-29-30-31-33-35-37-39-41-43-45-47-54(57)63-52(51-62-64(58,59)61-49-48-55(3,4)5)50-60-53(56)46-44-42-40-38-36-34-32-21-19-17-15-13-11-9-7-2/h15,17-18,20-21,23-24,26-27,32,52H,6-14,16,19,22,25,28-31,33-51H2,1-5H3/b17-15-,20-18-,24-23-,27-26-,32-21-. The quantitative estimate of drug-likeness (QED) is 0.0195. The van der Waals surface area contributed by atoms with Crippen molar-refractivity contribution < 1.29 is 42.1 Å². The van der Waals surface area contributed by atoms with E-state index in [0.717, 1.165) is 77.0 Å². The van der Waals surface area contributed by atoms with Gasteiger partial charge in [-0.2, -0.15) is 0 Å². The molecule has 0 saturated heterocycles. The molecule has 0 radical (unpaired) electrons. The van der Waals surface area contributed by atoms with E-state index in [2.05, 4.69) is 74.6 Å².